The van der Waals surface area contributed by atoms with E-state index >= 15 is 0 Å². The Morgan fingerprint density at radius 2 is 2.00 bits per heavy atom. The summed E-state index contributed by atoms with van der Waals surface area (Å²) in [6, 6.07) is 8.74. The number of phenolic OH excluding ortho intramolecular Hbond substituents is 1. The molecule has 0 atom stereocenters. The maximum absolute atomic E-state index is 13.3. The third-order valence-electron chi connectivity index (χ3n) is 5.84. The number of carbonyl (C=O) groups is 1. The molecule has 1 aliphatic heterocycles. The van der Waals surface area contributed by atoms with Crippen molar-refractivity contribution in [1.29, 1.82) is 0 Å². The largest absolute Gasteiger partial charge is 0.506 e. The summed E-state index contributed by atoms with van der Waals surface area (Å²) in [5.41, 5.74) is 2.57. The van der Waals surface area contributed by atoms with Crippen molar-refractivity contribution in [2.45, 2.75) is 13.5 Å². The Morgan fingerprint density at radius 3 is 2.71 bits per heavy atom. The number of hydrogen-bond acceptors (Lipinski definition) is 6. The molecule has 1 aliphatic rings. The number of H-pyrrole nitrogens is 1. The Bertz CT molecular complexity index is 1170. The Labute approximate surface area is 180 Å². The van der Waals surface area contributed by atoms with Crippen LogP contribution in [0.15, 0.2) is 41.5 Å². The quantitative estimate of drug-likeness (QED) is 0.654. The molecule has 2 aromatic carbocycles. The molecule has 1 fully saturated rings. The first-order valence-electron chi connectivity index (χ1n) is 10.4. The maximum atomic E-state index is 13.3. The van der Waals surface area contributed by atoms with Crippen LogP contribution in [0, 0.1) is 0 Å². The van der Waals surface area contributed by atoms with E-state index in [1.807, 2.05) is 23.1 Å². The second-order valence-corrected chi connectivity index (χ2v) is 7.61. The van der Waals surface area contributed by atoms with Gasteiger partial charge in [-0.2, -0.15) is 0 Å². The minimum absolute atomic E-state index is 0.0332. The fourth-order valence-electron chi connectivity index (χ4n) is 4.11. The number of nitrogens with zero attached hydrogens (tertiary/aromatic N) is 3. The van der Waals surface area contributed by atoms with Gasteiger partial charge in [-0.15, -0.1) is 0 Å². The van der Waals surface area contributed by atoms with Crippen LogP contribution in [0.5, 0.6) is 5.75 Å². The van der Waals surface area contributed by atoms with E-state index in [-0.39, 0.29) is 34.7 Å². The van der Waals surface area contributed by atoms with Crippen LogP contribution in [0.3, 0.4) is 0 Å². The molecule has 8 nitrogen and oxygen atoms in total. The number of hydrogen-bond donors (Lipinski definition) is 2. The molecule has 1 saturated heterocycles. The van der Waals surface area contributed by atoms with E-state index < -0.39 is 0 Å². The fourth-order valence-corrected chi connectivity index (χ4v) is 4.11. The number of amides is 1. The van der Waals surface area contributed by atoms with Gasteiger partial charge in [0.05, 0.1) is 18.3 Å². The third-order valence-corrected chi connectivity index (χ3v) is 5.84. The summed E-state index contributed by atoms with van der Waals surface area (Å²) < 4.78 is 5.42. The molecular weight excluding hydrogens is 396 g/mol. The van der Waals surface area contributed by atoms with Crippen molar-refractivity contribution < 1.29 is 14.6 Å². The summed E-state index contributed by atoms with van der Waals surface area (Å²) in [6.07, 6.45) is 1.26. The highest BCUT2D eigenvalue weighted by molar-refractivity contribution is 5.98. The van der Waals surface area contributed by atoms with Gasteiger partial charge in [-0.3, -0.25) is 9.59 Å². The second kappa shape index (κ2) is 8.87. The van der Waals surface area contributed by atoms with Crippen LogP contribution in [-0.4, -0.2) is 70.6 Å². The molecule has 1 amide bonds. The number of benzene rings is 2. The van der Waals surface area contributed by atoms with Crippen molar-refractivity contribution in [1.82, 2.24) is 19.8 Å². The molecular formula is C23H26N4O4. The van der Waals surface area contributed by atoms with Gasteiger partial charge < -0.3 is 24.6 Å². The number of methoxy groups -OCH3 is 1. The number of aromatic hydroxyl groups is 1. The molecule has 162 valence electrons. The standard InChI is InChI=1S/C23H26N4O4/c1-3-26-7-9-27(10-8-26)23(30)17-6-4-5-16(19(17)13-31-2)15-11-18-21(20(28)12-15)24-14-25-22(18)29/h4-6,11-12,14,28H,3,7-10,13H2,1-2H3,(H,24,25,29). The van der Waals surface area contributed by atoms with Crippen LogP contribution in [0.2, 0.25) is 0 Å². The van der Waals surface area contributed by atoms with Crippen LogP contribution in [-0.2, 0) is 11.3 Å². The predicted octanol–water partition coefficient (Wildman–Crippen LogP) is 2.22. The molecule has 8 heteroatoms. The van der Waals surface area contributed by atoms with Crippen molar-refractivity contribution >= 4 is 16.8 Å². The molecule has 0 radical (unpaired) electrons. The summed E-state index contributed by atoms with van der Waals surface area (Å²) in [6.45, 7) is 6.41. The van der Waals surface area contributed by atoms with Gasteiger partial charge in [-0.05, 0) is 41.4 Å². The van der Waals surface area contributed by atoms with Crippen LogP contribution in [0.25, 0.3) is 22.0 Å². The molecule has 2 heterocycles. The van der Waals surface area contributed by atoms with E-state index in [1.165, 1.54) is 6.33 Å². The molecule has 4 rings (SSSR count). The molecule has 31 heavy (non-hydrogen) atoms. The molecule has 1 aromatic heterocycles. The summed E-state index contributed by atoms with van der Waals surface area (Å²) in [7, 11) is 1.58. The molecule has 0 spiro atoms. The highest BCUT2D eigenvalue weighted by Gasteiger charge is 2.25. The Kier molecular flexibility index (Phi) is 6.01. The molecule has 2 N–H and O–H groups in total. The number of likely N-dealkylation sites (N-methyl/N-ethyl adjacent to an activating group) is 1. The average molecular weight is 422 g/mol. The Morgan fingerprint density at radius 1 is 1.23 bits per heavy atom. The highest BCUT2D eigenvalue weighted by atomic mass is 16.5. The molecule has 0 aliphatic carbocycles. The molecule has 0 saturated carbocycles. The Balaban J connectivity index is 1.78. The van der Waals surface area contributed by atoms with Gasteiger partial charge >= 0.3 is 0 Å². The molecule has 3 aromatic rings. The normalized spacial score (nSPS) is 14.8. The number of piperazine rings is 1. The first-order valence-corrected chi connectivity index (χ1v) is 10.4. The number of carbonyl (C=O) groups excluding carboxylic acids is 1. The summed E-state index contributed by atoms with van der Waals surface area (Å²) in [5.74, 6) is -0.122. The summed E-state index contributed by atoms with van der Waals surface area (Å²) in [4.78, 5) is 36.4. The lowest BCUT2D eigenvalue weighted by Crippen LogP contribution is -2.48. The van der Waals surface area contributed by atoms with Gasteiger partial charge in [0.15, 0.2) is 0 Å². The third kappa shape index (κ3) is 4.04. The zero-order valence-electron chi connectivity index (χ0n) is 17.7. The van der Waals surface area contributed by atoms with E-state index in [4.69, 9.17) is 4.74 Å². The first kappa shape index (κ1) is 21.0. The van der Waals surface area contributed by atoms with E-state index in [1.54, 1.807) is 19.2 Å². The lowest BCUT2D eigenvalue weighted by Gasteiger charge is -2.34. The predicted molar refractivity (Wildman–Crippen MR) is 118 cm³/mol. The smallest absolute Gasteiger partial charge is 0.258 e. The fraction of sp³-hybridized carbons (Fsp3) is 0.348. The number of fused-ring (bicyclic) bond motifs is 1. The monoisotopic (exact) mass is 422 g/mol. The van der Waals surface area contributed by atoms with Crippen molar-refractivity contribution in [2.75, 3.05) is 39.8 Å². The van der Waals surface area contributed by atoms with Crippen molar-refractivity contribution in [3.05, 3.63) is 58.1 Å². The lowest BCUT2D eigenvalue weighted by molar-refractivity contribution is 0.0639. The maximum Gasteiger partial charge on any atom is 0.258 e. The number of ether oxygens (including phenoxy) is 1. The average Bonchev–Trinajstić information content (AvgIpc) is 2.79. The van der Waals surface area contributed by atoms with E-state index in [2.05, 4.69) is 21.8 Å². The zero-order valence-corrected chi connectivity index (χ0v) is 17.7. The van der Waals surface area contributed by atoms with Crippen molar-refractivity contribution in [3.8, 4) is 16.9 Å². The van der Waals surface area contributed by atoms with Crippen molar-refractivity contribution in [3.63, 3.8) is 0 Å². The van der Waals surface area contributed by atoms with Gasteiger partial charge in [0.25, 0.3) is 11.5 Å². The number of nitrogens with one attached hydrogen (secondary N) is 1. The summed E-state index contributed by atoms with van der Waals surface area (Å²) >= 11 is 0. The summed E-state index contributed by atoms with van der Waals surface area (Å²) in [5, 5.41) is 10.7. The van der Waals surface area contributed by atoms with Gasteiger partial charge in [0, 0.05) is 38.9 Å². The highest BCUT2D eigenvalue weighted by Crippen LogP contribution is 2.33. The number of aromatic nitrogens is 2. The second-order valence-electron chi connectivity index (χ2n) is 7.61. The number of rotatable bonds is 5. The zero-order chi connectivity index (χ0) is 22.0. The van der Waals surface area contributed by atoms with Crippen LogP contribution in [0.4, 0.5) is 0 Å². The van der Waals surface area contributed by atoms with Gasteiger partial charge in [-0.25, -0.2) is 4.98 Å². The van der Waals surface area contributed by atoms with Gasteiger partial charge in [0.2, 0.25) is 0 Å². The SMILES string of the molecule is CCN1CCN(C(=O)c2cccc(-c3cc(O)c4nc[nH]c(=O)c4c3)c2COC)CC1. The number of phenols is 1. The van der Waals surface area contributed by atoms with Crippen LogP contribution < -0.4 is 5.56 Å². The van der Waals surface area contributed by atoms with Crippen LogP contribution >= 0.6 is 0 Å². The Hall–Kier alpha value is -3.23. The number of aromatic amines is 1. The van der Waals surface area contributed by atoms with E-state index in [9.17, 15) is 14.7 Å². The topological polar surface area (TPSA) is 98.8 Å². The van der Waals surface area contributed by atoms with E-state index in [0.717, 1.165) is 30.8 Å². The first-order chi connectivity index (χ1) is 15.0. The van der Waals surface area contributed by atoms with Crippen molar-refractivity contribution in [2.24, 2.45) is 0 Å². The molecule has 0 bridgehead atoms. The van der Waals surface area contributed by atoms with E-state index in [0.29, 0.717) is 24.2 Å². The van der Waals surface area contributed by atoms with Gasteiger partial charge in [0.1, 0.15) is 11.3 Å². The van der Waals surface area contributed by atoms with Gasteiger partial charge in [-0.1, -0.05) is 19.1 Å². The van der Waals surface area contributed by atoms with Crippen LogP contribution in [0.1, 0.15) is 22.8 Å². The minimum Gasteiger partial charge on any atom is -0.506 e. The lowest BCUT2D eigenvalue weighted by atomic mass is 9.94. The molecule has 0 unspecified atom stereocenters. The minimum atomic E-state index is -0.337.